The van der Waals surface area contributed by atoms with Gasteiger partial charge in [0.05, 0.1) is 11.4 Å². The molecular formula is C21H26F3N5O. The average Bonchev–Trinajstić information content (AvgIpc) is 3.37. The Morgan fingerprint density at radius 2 is 1.97 bits per heavy atom. The predicted octanol–water partition coefficient (Wildman–Crippen LogP) is 3.69. The third kappa shape index (κ3) is 4.49. The highest BCUT2D eigenvalue weighted by atomic mass is 19.3. The van der Waals surface area contributed by atoms with Crippen molar-refractivity contribution >= 4 is 5.91 Å². The topological polar surface area (TPSA) is 63.9 Å². The average molecular weight is 421 g/mol. The monoisotopic (exact) mass is 421 g/mol. The molecular weight excluding hydrogens is 395 g/mol. The summed E-state index contributed by atoms with van der Waals surface area (Å²) in [5.41, 5.74) is 1.80. The summed E-state index contributed by atoms with van der Waals surface area (Å²) in [6.07, 6.45) is 3.63. The zero-order valence-corrected chi connectivity index (χ0v) is 17.2. The van der Waals surface area contributed by atoms with Crippen LogP contribution in [-0.2, 0) is 17.9 Å². The Hall–Kier alpha value is -2.45. The Labute approximate surface area is 173 Å². The van der Waals surface area contributed by atoms with Crippen LogP contribution in [0.3, 0.4) is 0 Å². The second-order valence-electron chi connectivity index (χ2n) is 8.65. The summed E-state index contributed by atoms with van der Waals surface area (Å²) in [4.78, 5) is 23.1. The van der Waals surface area contributed by atoms with Crippen LogP contribution in [0.5, 0.6) is 0 Å². The summed E-state index contributed by atoms with van der Waals surface area (Å²) < 4.78 is 41.3. The van der Waals surface area contributed by atoms with Crippen molar-refractivity contribution in [3.05, 3.63) is 35.4 Å². The molecule has 30 heavy (non-hydrogen) atoms. The Morgan fingerprint density at radius 1 is 1.23 bits per heavy atom. The molecule has 0 bridgehead atoms. The lowest BCUT2D eigenvalue weighted by Gasteiger charge is -2.28. The van der Waals surface area contributed by atoms with Gasteiger partial charge in [-0.1, -0.05) is 0 Å². The first-order valence-electron chi connectivity index (χ1n) is 10.3. The first-order chi connectivity index (χ1) is 14.3. The van der Waals surface area contributed by atoms with Gasteiger partial charge in [0.2, 0.25) is 11.8 Å². The number of carbonyl (C=O) groups excluding carboxylic acids is 1. The Bertz CT molecular complexity index is 919. The van der Waals surface area contributed by atoms with Crippen LogP contribution in [0.1, 0.15) is 55.1 Å². The molecule has 0 N–H and O–H groups in total. The molecule has 2 aromatic heterocycles. The van der Waals surface area contributed by atoms with E-state index in [0.29, 0.717) is 25.2 Å². The molecule has 2 aromatic rings. The van der Waals surface area contributed by atoms with Crippen LogP contribution in [0.2, 0.25) is 0 Å². The molecule has 0 aromatic carbocycles. The number of halogens is 3. The summed E-state index contributed by atoms with van der Waals surface area (Å²) in [7, 11) is 3.46. The van der Waals surface area contributed by atoms with Crippen molar-refractivity contribution in [2.24, 2.45) is 11.8 Å². The highest BCUT2D eigenvalue weighted by molar-refractivity contribution is 5.82. The highest BCUT2D eigenvalue weighted by Crippen LogP contribution is 2.48. The van der Waals surface area contributed by atoms with Crippen molar-refractivity contribution < 1.29 is 18.0 Å². The van der Waals surface area contributed by atoms with Gasteiger partial charge < -0.3 is 4.90 Å². The maximum atomic E-state index is 13.5. The van der Waals surface area contributed by atoms with Gasteiger partial charge in [0, 0.05) is 50.7 Å². The van der Waals surface area contributed by atoms with Crippen LogP contribution in [0.15, 0.2) is 18.3 Å². The van der Waals surface area contributed by atoms with Crippen LogP contribution in [0.25, 0.3) is 5.95 Å². The van der Waals surface area contributed by atoms with Crippen molar-refractivity contribution in [3.8, 4) is 5.95 Å². The van der Waals surface area contributed by atoms with Gasteiger partial charge in [-0.05, 0) is 43.7 Å². The molecule has 0 saturated heterocycles. The van der Waals surface area contributed by atoms with E-state index in [0.717, 1.165) is 17.8 Å². The van der Waals surface area contributed by atoms with Gasteiger partial charge in [-0.2, -0.15) is 5.10 Å². The number of amides is 1. The smallest absolute Gasteiger partial charge is 0.250 e. The van der Waals surface area contributed by atoms with Crippen LogP contribution >= 0.6 is 0 Å². The van der Waals surface area contributed by atoms with Gasteiger partial charge in [0.15, 0.2) is 0 Å². The summed E-state index contributed by atoms with van der Waals surface area (Å²) in [5, 5.41) is 4.15. The Kier molecular flexibility index (Phi) is 5.55. The van der Waals surface area contributed by atoms with Crippen molar-refractivity contribution in [3.63, 3.8) is 0 Å². The molecule has 0 spiro atoms. The minimum atomic E-state index is -2.57. The standard InChI is InChI=1S/C21H26F3N5O/c1-28(2)19(30)17-11-16(17)18-10-15(9-13-3-6-21(23,24)7-4-13)25-20(26-18)29-8-5-14(12-22)27-29/h5,8,10,13,16-17H,3-4,6-7,9,11-12H2,1-2H3. The van der Waals surface area contributed by atoms with E-state index in [1.807, 2.05) is 6.07 Å². The molecule has 2 atom stereocenters. The molecule has 2 heterocycles. The molecule has 9 heteroatoms. The fourth-order valence-electron chi connectivity index (χ4n) is 4.17. The summed E-state index contributed by atoms with van der Waals surface area (Å²) in [6.45, 7) is -0.683. The second kappa shape index (κ2) is 8.00. The third-order valence-electron chi connectivity index (χ3n) is 6.04. The summed E-state index contributed by atoms with van der Waals surface area (Å²) >= 11 is 0. The fraction of sp³-hybridized carbons (Fsp3) is 0.619. The lowest BCUT2D eigenvalue weighted by atomic mass is 9.84. The van der Waals surface area contributed by atoms with Crippen LogP contribution in [0, 0.1) is 11.8 Å². The molecule has 2 saturated carbocycles. The lowest BCUT2D eigenvalue weighted by molar-refractivity contribution is -0.130. The maximum Gasteiger partial charge on any atom is 0.250 e. The minimum absolute atomic E-state index is 0.00676. The van der Waals surface area contributed by atoms with Gasteiger partial charge in [0.25, 0.3) is 5.95 Å². The molecule has 2 unspecified atom stereocenters. The van der Waals surface area contributed by atoms with Crippen molar-refractivity contribution in [1.82, 2.24) is 24.6 Å². The molecule has 162 valence electrons. The number of alkyl halides is 3. The Morgan fingerprint density at radius 3 is 2.60 bits per heavy atom. The number of rotatable bonds is 6. The number of hydrogen-bond acceptors (Lipinski definition) is 4. The Balaban J connectivity index is 1.59. The number of nitrogens with zero attached hydrogens (tertiary/aromatic N) is 5. The lowest BCUT2D eigenvalue weighted by Crippen LogP contribution is -2.26. The summed E-state index contributed by atoms with van der Waals surface area (Å²) in [5.74, 6) is -2.14. The van der Waals surface area contributed by atoms with Crippen molar-refractivity contribution in [1.29, 1.82) is 0 Å². The second-order valence-corrected chi connectivity index (χ2v) is 8.65. The van der Waals surface area contributed by atoms with Crippen molar-refractivity contribution in [2.75, 3.05) is 14.1 Å². The first kappa shape index (κ1) is 20.8. The number of hydrogen-bond donors (Lipinski definition) is 0. The molecule has 0 radical (unpaired) electrons. The quantitative estimate of drug-likeness (QED) is 0.714. The van der Waals surface area contributed by atoms with Crippen LogP contribution in [-0.4, -0.2) is 50.6 Å². The van der Waals surface area contributed by atoms with Gasteiger partial charge in [-0.25, -0.2) is 27.8 Å². The zero-order valence-electron chi connectivity index (χ0n) is 17.2. The number of carbonyl (C=O) groups is 1. The molecule has 2 aliphatic rings. The SMILES string of the molecule is CN(C)C(=O)C1CC1c1cc(CC2CCC(F)(F)CC2)nc(-n2ccc(CF)n2)n1. The molecule has 1 amide bonds. The largest absolute Gasteiger partial charge is 0.349 e. The van der Waals surface area contributed by atoms with Gasteiger partial charge in [-0.15, -0.1) is 0 Å². The number of aromatic nitrogens is 4. The van der Waals surface area contributed by atoms with E-state index in [-0.39, 0.29) is 42.2 Å². The van der Waals surface area contributed by atoms with Gasteiger partial charge >= 0.3 is 0 Å². The highest BCUT2D eigenvalue weighted by Gasteiger charge is 2.46. The van der Waals surface area contributed by atoms with E-state index in [1.165, 1.54) is 4.68 Å². The van der Waals surface area contributed by atoms with E-state index in [4.69, 9.17) is 0 Å². The fourth-order valence-corrected chi connectivity index (χ4v) is 4.17. The van der Waals surface area contributed by atoms with E-state index in [2.05, 4.69) is 15.1 Å². The van der Waals surface area contributed by atoms with Gasteiger partial charge in [0.1, 0.15) is 6.67 Å². The van der Waals surface area contributed by atoms with E-state index in [9.17, 15) is 18.0 Å². The van der Waals surface area contributed by atoms with Crippen molar-refractivity contribution in [2.45, 2.75) is 57.0 Å². The van der Waals surface area contributed by atoms with E-state index in [1.54, 1.807) is 31.3 Å². The molecule has 4 rings (SSSR count). The maximum absolute atomic E-state index is 13.5. The van der Waals surface area contributed by atoms with Crippen LogP contribution < -0.4 is 0 Å². The van der Waals surface area contributed by atoms with E-state index < -0.39 is 12.6 Å². The molecule has 2 aliphatic carbocycles. The third-order valence-corrected chi connectivity index (χ3v) is 6.04. The predicted molar refractivity (Wildman–Crippen MR) is 104 cm³/mol. The molecule has 2 fully saturated rings. The molecule has 6 nitrogen and oxygen atoms in total. The first-order valence-corrected chi connectivity index (χ1v) is 10.3. The summed E-state index contributed by atoms with van der Waals surface area (Å²) in [6, 6.07) is 3.46. The minimum Gasteiger partial charge on any atom is -0.349 e. The molecule has 0 aliphatic heterocycles. The van der Waals surface area contributed by atoms with E-state index >= 15 is 0 Å². The normalized spacial score (nSPS) is 23.4. The van der Waals surface area contributed by atoms with Crippen LogP contribution in [0.4, 0.5) is 13.2 Å². The van der Waals surface area contributed by atoms with Gasteiger partial charge in [-0.3, -0.25) is 4.79 Å². The zero-order chi connectivity index (χ0) is 21.5.